The van der Waals surface area contributed by atoms with Gasteiger partial charge in [0.05, 0.1) is 0 Å². The summed E-state index contributed by atoms with van der Waals surface area (Å²) in [6.45, 7) is 1.58. The van der Waals surface area contributed by atoms with Gasteiger partial charge in [0.25, 0.3) is 5.91 Å². The van der Waals surface area contributed by atoms with Gasteiger partial charge in [0.15, 0.2) is 0 Å². The molecule has 0 unspecified atom stereocenters. The Morgan fingerprint density at radius 3 is 2.60 bits per heavy atom. The number of hydrogen-bond donors (Lipinski definition) is 1. The number of aromatic nitrogens is 1. The van der Waals surface area contributed by atoms with Crippen LogP contribution in [0.5, 0.6) is 0 Å². The van der Waals surface area contributed by atoms with E-state index in [0.717, 1.165) is 17.8 Å². The highest BCUT2D eigenvalue weighted by Gasteiger charge is 2.29. The van der Waals surface area contributed by atoms with Gasteiger partial charge in [-0.25, -0.2) is 4.98 Å². The Labute approximate surface area is 122 Å². The lowest BCUT2D eigenvalue weighted by Gasteiger charge is -2.32. The number of piperidine rings is 1. The highest BCUT2D eigenvalue weighted by molar-refractivity contribution is 7.09. The number of amides is 2. The molecular formula is C13H20N4O2S. The van der Waals surface area contributed by atoms with E-state index in [2.05, 4.69) is 4.98 Å². The molecule has 0 radical (unpaired) electrons. The van der Waals surface area contributed by atoms with Gasteiger partial charge < -0.3 is 15.5 Å². The van der Waals surface area contributed by atoms with Gasteiger partial charge in [0.2, 0.25) is 5.91 Å². The second-order valence-corrected chi connectivity index (χ2v) is 6.07. The molecule has 1 fully saturated rings. The van der Waals surface area contributed by atoms with Crippen LogP contribution in [0.1, 0.15) is 28.3 Å². The molecule has 0 atom stereocenters. The van der Waals surface area contributed by atoms with E-state index < -0.39 is 0 Å². The average molecular weight is 296 g/mol. The van der Waals surface area contributed by atoms with Crippen LogP contribution in [0.3, 0.4) is 0 Å². The van der Waals surface area contributed by atoms with Crippen molar-refractivity contribution in [2.24, 2.45) is 11.7 Å². The zero-order chi connectivity index (χ0) is 14.7. The minimum Gasteiger partial charge on any atom is -0.349 e. The number of hydrogen-bond acceptors (Lipinski definition) is 5. The highest BCUT2D eigenvalue weighted by atomic mass is 32.1. The molecule has 0 spiro atoms. The molecule has 7 heteroatoms. The molecule has 1 aliphatic heterocycles. The Bertz CT molecular complexity index is 492. The highest BCUT2D eigenvalue weighted by Crippen LogP contribution is 2.21. The van der Waals surface area contributed by atoms with Crippen LogP contribution in [0.4, 0.5) is 0 Å². The second kappa shape index (κ2) is 6.32. The molecule has 2 heterocycles. The lowest BCUT2D eigenvalue weighted by Crippen LogP contribution is -2.42. The topological polar surface area (TPSA) is 79.5 Å². The smallest absolute Gasteiger partial charge is 0.273 e. The van der Waals surface area contributed by atoms with Gasteiger partial charge in [-0.2, -0.15) is 0 Å². The zero-order valence-corrected chi connectivity index (χ0v) is 12.7. The minimum absolute atomic E-state index is 0.0316. The summed E-state index contributed by atoms with van der Waals surface area (Å²) in [6.07, 6.45) is 1.44. The van der Waals surface area contributed by atoms with Crippen LogP contribution in [-0.4, -0.2) is 53.8 Å². The molecule has 2 N–H and O–H groups in total. The lowest BCUT2D eigenvalue weighted by molar-refractivity contribution is -0.134. The Hall–Kier alpha value is -1.47. The standard InChI is InChI=1S/C13H20N4O2S/c1-16(2)12(18)9-3-5-17(6-4-9)13(19)10-8-20-11(7-14)15-10/h8-9H,3-7,14H2,1-2H3. The summed E-state index contributed by atoms with van der Waals surface area (Å²) >= 11 is 1.41. The maximum absolute atomic E-state index is 12.3. The van der Waals surface area contributed by atoms with Crippen LogP contribution in [0.25, 0.3) is 0 Å². The lowest BCUT2D eigenvalue weighted by atomic mass is 9.95. The van der Waals surface area contributed by atoms with Crippen molar-refractivity contribution < 1.29 is 9.59 Å². The van der Waals surface area contributed by atoms with Crippen molar-refractivity contribution in [3.63, 3.8) is 0 Å². The molecule has 2 rings (SSSR count). The third-order valence-corrected chi connectivity index (χ3v) is 4.39. The van der Waals surface area contributed by atoms with Gasteiger partial charge >= 0.3 is 0 Å². The van der Waals surface area contributed by atoms with E-state index in [4.69, 9.17) is 5.73 Å². The Morgan fingerprint density at radius 1 is 1.45 bits per heavy atom. The van der Waals surface area contributed by atoms with Crippen LogP contribution in [0, 0.1) is 5.92 Å². The molecular weight excluding hydrogens is 276 g/mol. The van der Waals surface area contributed by atoms with E-state index in [0.29, 0.717) is 25.3 Å². The molecule has 1 aliphatic rings. The second-order valence-electron chi connectivity index (χ2n) is 5.13. The van der Waals surface area contributed by atoms with Crippen molar-refractivity contribution in [1.29, 1.82) is 0 Å². The van der Waals surface area contributed by atoms with Gasteiger partial charge in [-0.1, -0.05) is 0 Å². The van der Waals surface area contributed by atoms with E-state index in [1.165, 1.54) is 11.3 Å². The first-order valence-electron chi connectivity index (χ1n) is 6.68. The predicted molar refractivity (Wildman–Crippen MR) is 77.3 cm³/mol. The SMILES string of the molecule is CN(C)C(=O)C1CCN(C(=O)c2csc(CN)n2)CC1. The van der Waals surface area contributed by atoms with Crippen molar-refractivity contribution in [2.75, 3.05) is 27.2 Å². The van der Waals surface area contributed by atoms with Crippen LogP contribution < -0.4 is 5.73 Å². The fraction of sp³-hybridized carbons (Fsp3) is 0.615. The number of thiazole rings is 1. The molecule has 0 aromatic carbocycles. The molecule has 20 heavy (non-hydrogen) atoms. The van der Waals surface area contributed by atoms with Gasteiger partial charge in [-0.15, -0.1) is 11.3 Å². The molecule has 0 aliphatic carbocycles. The first-order chi connectivity index (χ1) is 9.52. The average Bonchev–Trinajstić information content (AvgIpc) is 2.94. The monoisotopic (exact) mass is 296 g/mol. The van der Waals surface area contributed by atoms with Crippen molar-refractivity contribution in [2.45, 2.75) is 19.4 Å². The van der Waals surface area contributed by atoms with Crippen molar-refractivity contribution in [1.82, 2.24) is 14.8 Å². The molecule has 2 amide bonds. The summed E-state index contributed by atoms with van der Waals surface area (Å²) in [5, 5.41) is 2.52. The molecule has 0 bridgehead atoms. The van der Waals surface area contributed by atoms with Gasteiger partial charge in [0.1, 0.15) is 10.7 Å². The summed E-state index contributed by atoms with van der Waals surface area (Å²) in [6, 6.07) is 0. The number of rotatable bonds is 3. The van der Waals surface area contributed by atoms with Crippen LogP contribution in [0.15, 0.2) is 5.38 Å². The van der Waals surface area contributed by atoms with Crippen molar-refractivity contribution in [3.05, 3.63) is 16.1 Å². The molecule has 1 aromatic rings. The number of nitrogens with two attached hydrogens (primary N) is 1. The number of likely N-dealkylation sites (tertiary alicyclic amines) is 1. The number of carbonyl (C=O) groups excluding carboxylic acids is 2. The Kier molecular flexibility index (Phi) is 4.72. The maximum atomic E-state index is 12.3. The number of carbonyl (C=O) groups is 2. The van der Waals surface area contributed by atoms with E-state index in [1.54, 1.807) is 29.3 Å². The third kappa shape index (κ3) is 3.16. The molecule has 6 nitrogen and oxygen atoms in total. The normalized spacial score (nSPS) is 16.2. The third-order valence-electron chi connectivity index (χ3n) is 3.52. The largest absolute Gasteiger partial charge is 0.349 e. The van der Waals surface area contributed by atoms with Gasteiger partial charge in [0, 0.05) is 45.0 Å². The molecule has 1 aromatic heterocycles. The summed E-state index contributed by atoms with van der Waals surface area (Å²) in [5.74, 6) is 0.122. The molecule has 0 saturated carbocycles. The van der Waals surface area contributed by atoms with Crippen LogP contribution in [0.2, 0.25) is 0 Å². The summed E-state index contributed by atoms with van der Waals surface area (Å²) in [5.41, 5.74) is 5.97. The van der Waals surface area contributed by atoms with Crippen LogP contribution in [-0.2, 0) is 11.3 Å². The van der Waals surface area contributed by atoms with E-state index in [1.807, 2.05) is 0 Å². The maximum Gasteiger partial charge on any atom is 0.273 e. The van der Waals surface area contributed by atoms with E-state index >= 15 is 0 Å². The first-order valence-corrected chi connectivity index (χ1v) is 7.55. The van der Waals surface area contributed by atoms with Crippen molar-refractivity contribution in [3.8, 4) is 0 Å². The van der Waals surface area contributed by atoms with E-state index in [9.17, 15) is 9.59 Å². The number of nitrogens with zero attached hydrogens (tertiary/aromatic N) is 3. The molecule has 1 saturated heterocycles. The van der Waals surface area contributed by atoms with Gasteiger partial charge in [-0.05, 0) is 12.8 Å². The Morgan fingerprint density at radius 2 is 2.10 bits per heavy atom. The fourth-order valence-electron chi connectivity index (χ4n) is 2.36. The van der Waals surface area contributed by atoms with Crippen molar-refractivity contribution >= 4 is 23.2 Å². The zero-order valence-electron chi connectivity index (χ0n) is 11.8. The van der Waals surface area contributed by atoms with E-state index in [-0.39, 0.29) is 17.7 Å². The van der Waals surface area contributed by atoms with Gasteiger partial charge in [-0.3, -0.25) is 9.59 Å². The summed E-state index contributed by atoms with van der Waals surface area (Å²) in [7, 11) is 3.53. The Balaban J connectivity index is 1.93. The summed E-state index contributed by atoms with van der Waals surface area (Å²) in [4.78, 5) is 31.8. The minimum atomic E-state index is -0.0586. The molecule has 110 valence electrons. The predicted octanol–water partition coefficient (Wildman–Crippen LogP) is 0.542. The first kappa shape index (κ1) is 14.9. The quantitative estimate of drug-likeness (QED) is 0.883. The van der Waals surface area contributed by atoms with Crippen LogP contribution >= 0.6 is 11.3 Å². The fourth-order valence-corrected chi connectivity index (χ4v) is 3.01. The summed E-state index contributed by atoms with van der Waals surface area (Å²) < 4.78 is 0.